The van der Waals surface area contributed by atoms with Gasteiger partial charge in [0.1, 0.15) is 5.75 Å². The summed E-state index contributed by atoms with van der Waals surface area (Å²) >= 11 is 0. The van der Waals surface area contributed by atoms with Crippen molar-refractivity contribution in [3.8, 4) is 5.75 Å². The summed E-state index contributed by atoms with van der Waals surface area (Å²) in [4.78, 5) is 12.0. The van der Waals surface area contributed by atoms with Crippen LogP contribution < -0.4 is 10.2 Å². The molecular weight excluding hydrogens is 309 g/mol. The van der Waals surface area contributed by atoms with Crippen LogP contribution in [-0.2, 0) is 6.18 Å². The van der Waals surface area contributed by atoms with Crippen molar-refractivity contribution in [2.45, 2.75) is 6.18 Å². The van der Waals surface area contributed by atoms with Gasteiger partial charge in [0.2, 0.25) is 0 Å². The Bertz CT molecular complexity index is 727. The van der Waals surface area contributed by atoms with Crippen molar-refractivity contribution >= 4 is 12.1 Å². The van der Waals surface area contributed by atoms with Gasteiger partial charge >= 0.3 is 6.18 Å². The van der Waals surface area contributed by atoms with Crippen LogP contribution in [0.2, 0.25) is 0 Å². The molecule has 0 bridgehead atoms. The lowest BCUT2D eigenvalue weighted by Crippen LogP contribution is -2.18. The van der Waals surface area contributed by atoms with Crippen molar-refractivity contribution in [2.24, 2.45) is 5.10 Å². The second-order valence-electron chi connectivity index (χ2n) is 4.48. The van der Waals surface area contributed by atoms with Crippen LogP contribution >= 0.6 is 0 Å². The van der Waals surface area contributed by atoms with E-state index < -0.39 is 17.6 Å². The normalized spacial score (nSPS) is 11.5. The van der Waals surface area contributed by atoms with Crippen molar-refractivity contribution in [2.75, 3.05) is 7.11 Å². The topological polar surface area (TPSA) is 50.7 Å². The van der Waals surface area contributed by atoms with E-state index in [-0.39, 0.29) is 11.1 Å². The van der Waals surface area contributed by atoms with Crippen LogP contribution in [0.15, 0.2) is 53.6 Å². The molecule has 0 aliphatic heterocycles. The van der Waals surface area contributed by atoms with E-state index in [1.807, 2.05) is 0 Å². The van der Waals surface area contributed by atoms with Gasteiger partial charge in [-0.15, -0.1) is 0 Å². The van der Waals surface area contributed by atoms with Crippen molar-refractivity contribution in [1.29, 1.82) is 0 Å². The number of amides is 1. The van der Waals surface area contributed by atoms with Gasteiger partial charge in [-0.3, -0.25) is 4.79 Å². The first kappa shape index (κ1) is 16.5. The molecule has 4 nitrogen and oxygen atoms in total. The number of hydrazone groups is 1. The van der Waals surface area contributed by atoms with E-state index in [1.54, 1.807) is 18.2 Å². The molecule has 0 atom stereocenters. The van der Waals surface area contributed by atoms with Crippen LogP contribution in [0.5, 0.6) is 5.75 Å². The van der Waals surface area contributed by atoms with Gasteiger partial charge in [0.15, 0.2) is 0 Å². The van der Waals surface area contributed by atoms with Gasteiger partial charge in [0.25, 0.3) is 5.91 Å². The van der Waals surface area contributed by atoms with Crippen molar-refractivity contribution in [3.05, 3.63) is 65.2 Å². The Labute approximate surface area is 130 Å². The fourth-order valence-corrected chi connectivity index (χ4v) is 1.92. The molecule has 0 spiro atoms. The summed E-state index contributed by atoms with van der Waals surface area (Å²) in [7, 11) is 1.41. The van der Waals surface area contributed by atoms with Crippen LogP contribution in [0, 0.1) is 0 Å². The summed E-state index contributed by atoms with van der Waals surface area (Å²) in [6, 6.07) is 11.4. The Hall–Kier alpha value is -2.83. The summed E-state index contributed by atoms with van der Waals surface area (Å²) in [5.41, 5.74) is 1.45. The maximum atomic E-state index is 12.8. The zero-order valence-electron chi connectivity index (χ0n) is 12.1. The van der Waals surface area contributed by atoms with Gasteiger partial charge in [-0.2, -0.15) is 18.3 Å². The Morgan fingerprint density at radius 1 is 1.13 bits per heavy atom. The van der Waals surface area contributed by atoms with E-state index in [9.17, 15) is 18.0 Å². The largest absolute Gasteiger partial charge is 0.496 e. The third kappa shape index (κ3) is 4.09. The van der Waals surface area contributed by atoms with Crippen molar-refractivity contribution in [1.82, 2.24) is 5.43 Å². The van der Waals surface area contributed by atoms with E-state index in [2.05, 4.69) is 10.5 Å². The second kappa shape index (κ2) is 6.95. The number of hydrogen-bond acceptors (Lipinski definition) is 3. The predicted molar refractivity (Wildman–Crippen MR) is 79.5 cm³/mol. The molecule has 0 fully saturated rings. The molecule has 0 radical (unpaired) electrons. The molecule has 23 heavy (non-hydrogen) atoms. The highest BCUT2D eigenvalue weighted by Crippen LogP contribution is 2.31. The second-order valence-corrected chi connectivity index (χ2v) is 4.48. The first-order chi connectivity index (χ1) is 10.9. The molecule has 2 aromatic carbocycles. The third-order valence-electron chi connectivity index (χ3n) is 2.99. The summed E-state index contributed by atoms with van der Waals surface area (Å²) in [5.74, 6) is -0.237. The Balaban J connectivity index is 2.15. The number of benzene rings is 2. The summed E-state index contributed by atoms with van der Waals surface area (Å²) in [6.07, 6.45) is -3.54. The summed E-state index contributed by atoms with van der Waals surface area (Å²) in [5, 5.41) is 3.59. The smallest absolute Gasteiger partial charge is 0.417 e. The Kier molecular flexibility index (Phi) is 5.00. The molecule has 0 aromatic heterocycles. The standard InChI is InChI=1S/C16H13F3N2O2/c1-23-14-9-5-3-7-12(14)15(22)21-20-10-11-6-2-4-8-13(11)16(17,18)19/h2-10H,1H3,(H,21,22)/b20-10+. The first-order valence-electron chi connectivity index (χ1n) is 6.56. The number of carbonyl (C=O) groups is 1. The average molecular weight is 322 g/mol. The lowest BCUT2D eigenvalue weighted by molar-refractivity contribution is -0.137. The van der Waals surface area contributed by atoms with E-state index in [4.69, 9.17) is 4.74 Å². The highest BCUT2D eigenvalue weighted by molar-refractivity contribution is 5.97. The molecule has 1 N–H and O–H groups in total. The number of ether oxygens (including phenoxy) is 1. The van der Waals surface area contributed by atoms with Gasteiger partial charge in [-0.25, -0.2) is 5.43 Å². The number of carbonyl (C=O) groups excluding carboxylic acids is 1. The van der Waals surface area contributed by atoms with Crippen LogP contribution in [0.4, 0.5) is 13.2 Å². The lowest BCUT2D eigenvalue weighted by atomic mass is 10.1. The minimum atomic E-state index is -4.49. The quantitative estimate of drug-likeness (QED) is 0.692. The number of halogens is 3. The molecule has 0 aliphatic rings. The van der Waals surface area contributed by atoms with Crippen LogP contribution in [0.3, 0.4) is 0 Å². The fourth-order valence-electron chi connectivity index (χ4n) is 1.92. The molecule has 0 aliphatic carbocycles. The van der Waals surface area contributed by atoms with Crippen molar-refractivity contribution in [3.63, 3.8) is 0 Å². The number of methoxy groups -OCH3 is 1. The van der Waals surface area contributed by atoms with E-state index >= 15 is 0 Å². The van der Waals surface area contributed by atoms with E-state index in [0.29, 0.717) is 5.75 Å². The average Bonchev–Trinajstić information content (AvgIpc) is 2.54. The van der Waals surface area contributed by atoms with Crippen LogP contribution in [0.1, 0.15) is 21.5 Å². The third-order valence-corrected chi connectivity index (χ3v) is 2.99. The molecule has 2 rings (SSSR count). The molecule has 0 heterocycles. The van der Waals surface area contributed by atoms with Gasteiger partial charge in [-0.05, 0) is 18.2 Å². The molecule has 2 aromatic rings. The van der Waals surface area contributed by atoms with E-state index in [1.165, 1.54) is 31.4 Å². The maximum absolute atomic E-state index is 12.8. The van der Waals surface area contributed by atoms with Gasteiger partial charge in [0, 0.05) is 5.56 Å². The number of alkyl halides is 3. The number of rotatable bonds is 4. The number of nitrogens with zero attached hydrogens (tertiary/aromatic N) is 1. The number of para-hydroxylation sites is 1. The van der Waals surface area contributed by atoms with Crippen molar-refractivity contribution < 1.29 is 22.7 Å². The predicted octanol–water partition coefficient (Wildman–Crippen LogP) is 3.48. The monoisotopic (exact) mass is 322 g/mol. The molecular formula is C16H13F3N2O2. The SMILES string of the molecule is COc1ccccc1C(=O)N/N=C/c1ccccc1C(F)(F)F. The molecule has 120 valence electrons. The highest BCUT2D eigenvalue weighted by atomic mass is 19.4. The first-order valence-corrected chi connectivity index (χ1v) is 6.56. The fraction of sp³-hybridized carbons (Fsp3) is 0.125. The molecule has 7 heteroatoms. The summed E-state index contributed by atoms with van der Waals surface area (Å²) < 4.78 is 43.5. The lowest BCUT2D eigenvalue weighted by Gasteiger charge is -2.09. The van der Waals surface area contributed by atoms with Crippen LogP contribution in [0.25, 0.3) is 0 Å². The number of nitrogens with one attached hydrogen (secondary N) is 1. The van der Waals surface area contributed by atoms with E-state index in [0.717, 1.165) is 12.3 Å². The zero-order chi connectivity index (χ0) is 16.9. The maximum Gasteiger partial charge on any atom is 0.417 e. The van der Waals surface area contributed by atoms with Gasteiger partial charge in [-0.1, -0.05) is 30.3 Å². The summed E-state index contributed by atoms with van der Waals surface area (Å²) in [6.45, 7) is 0. The zero-order valence-corrected chi connectivity index (χ0v) is 12.1. The van der Waals surface area contributed by atoms with Crippen LogP contribution in [-0.4, -0.2) is 19.2 Å². The number of hydrogen-bond donors (Lipinski definition) is 1. The highest BCUT2D eigenvalue weighted by Gasteiger charge is 2.32. The molecule has 0 saturated heterocycles. The van der Waals surface area contributed by atoms with Gasteiger partial charge in [0.05, 0.1) is 24.5 Å². The Morgan fingerprint density at radius 3 is 2.48 bits per heavy atom. The Morgan fingerprint density at radius 2 is 1.78 bits per heavy atom. The minimum Gasteiger partial charge on any atom is -0.496 e. The molecule has 0 saturated carbocycles. The molecule has 1 amide bonds. The minimum absolute atomic E-state index is 0.139. The molecule has 0 unspecified atom stereocenters. The van der Waals surface area contributed by atoms with Gasteiger partial charge < -0.3 is 4.74 Å².